The molecular formula is C59H103NO5. The molecule has 0 aliphatic rings. The van der Waals surface area contributed by atoms with Gasteiger partial charge in [-0.25, -0.2) is 0 Å². The molecule has 65 heavy (non-hydrogen) atoms. The fourth-order valence-corrected chi connectivity index (χ4v) is 7.83. The summed E-state index contributed by atoms with van der Waals surface area (Å²) in [5.74, 6) is -0.642. The maximum Gasteiger partial charge on any atom is 0.306 e. The number of esters is 1. The lowest BCUT2D eigenvalue weighted by molar-refractivity contribution is -0.148. The van der Waals surface area contributed by atoms with Gasteiger partial charge in [0.2, 0.25) is 5.91 Å². The van der Waals surface area contributed by atoms with Crippen LogP contribution in [0.15, 0.2) is 85.1 Å². The molecule has 0 saturated heterocycles. The fourth-order valence-electron chi connectivity index (χ4n) is 7.83. The number of nitrogens with one attached hydrogen (secondary N) is 1. The van der Waals surface area contributed by atoms with Crippen molar-refractivity contribution in [3.05, 3.63) is 85.1 Å². The van der Waals surface area contributed by atoms with E-state index in [2.05, 4.69) is 99.0 Å². The van der Waals surface area contributed by atoms with Gasteiger partial charge in [-0.15, -0.1) is 0 Å². The summed E-state index contributed by atoms with van der Waals surface area (Å²) in [7, 11) is 0. The molecule has 0 saturated carbocycles. The zero-order chi connectivity index (χ0) is 47.4. The van der Waals surface area contributed by atoms with E-state index in [1.54, 1.807) is 0 Å². The van der Waals surface area contributed by atoms with Crippen molar-refractivity contribution in [2.45, 2.75) is 270 Å². The quantitative estimate of drug-likeness (QED) is 0.0321. The zero-order valence-corrected chi connectivity index (χ0v) is 42.6. The Morgan fingerprint density at radius 2 is 0.862 bits per heavy atom. The first kappa shape index (κ1) is 62.0. The van der Waals surface area contributed by atoms with Crippen molar-refractivity contribution in [2.24, 2.45) is 0 Å². The highest BCUT2D eigenvalue weighted by atomic mass is 16.5. The van der Waals surface area contributed by atoms with Gasteiger partial charge in [0.1, 0.15) is 6.10 Å². The van der Waals surface area contributed by atoms with Crippen LogP contribution in [0.25, 0.3) is 0 Å². The van der Waals surface area contributed by atoms with E-state index in [1.165, 1.54) is 122 Å². The standard InChI is InChI=1S/C59H103NO5/c1-4-7-10-13-16-19-22-24-26-28-29-30-32-34-37-40-43-46-49-52-59(64)65-55(50-47-44-41-38-35-21-18-15-12-9-6-3)53-58(63)60-56(54-61)57(62)51-48-45-42-39-36-33-31-27-25-23-20-17-14-11-8-5-2/h7,10,16,19,24,26,29-30,34,37-38,41,47,50,55-57,61-62H,4-6,8-9,11-15,17-18,20-23,25,27-28,31-33,35-36,39-40,42-46,48-49,51-54H2,1-3H3,(H,60,63)/b10-7-,19-16-,26-24-,30-29-,37-34-,41-38-,50-47+. The summed E-state index contributed by atoms with van der Waals surface area (Å²) in [6.45, 7) is 6.33. The second kappa shape index (κ2) is 52.0. The van der Waals surface area contributed by atoms with Crippen LogP contribution in [0, 0.1) is 0 Å². The van der Waals surface area contributed by atoms with Gasteiger partial charge in [-0.2, -0.15) is 0 Å². The van der Waals surface area contributed by atoms with E-state index >= 15 is 0 Å². The van der Waals surface area contributed by atoms with Gasteiger partial charge in [0.15, 0.2) is 0 Å². The lowest BCUT2D eigenvalue weighted by atomic mass is 10.0. The minimum Gasteiger partial charge on any atom is -0.458 e. The van der Waals surface area contributed by atoms with Crippen molar-refractivity contribution in [1.29, 1.82) is 0 Å². The van der Waals surface area contributed by atoms with Crippen LogP contribution in [0.5, 0.6) is 0 Å². The average Bonchev–Trinajstić information content (AvgIpc) is 3.30. The Morgan fingerprint density at radius 1 is 0.477 bits per heavy atom. The highest BCUT2D eigenvalue weighted by molar-refractivity contribution is 5.78. The van der Waals surface area contributed by atoms with Gasteiger partial charge in [-0.1, -0.05) is 241 Å². The van der Waals surface area contributed by atoms with Crippen LogP contribution < -0.4 is 5.32 Å². The maximum absolute atomic E-state index is 13.2. The average molecular weight is 906 g/mol. The molecule has 3 atom stereocenters. The van der Waals surface area contributed by atoms with Gasteiger partial charge in [0.05, 0.1) is 25.2 Å². The van der Waals surface area contributed by atoms with Crippen LogP contribution in [0.4, 0.5) is 0 Å². The molecule has 3 N–H and O–H groups in total. The Hall–Kier alpha value is -2.96. The summed E-state index contributed by atoms with van der Waals surface area (Å²) in [4.78, 5) is 26.1. The fraction of sp³-hybridized carbons (Fsp3) is 0.729. The van der Waals surface area contributed by atoms with E-state index in [9.17, 15) is 19.8 Å². The Balaban J connectivity index is 4.61. The summed E-state index contributed by atoms with van der Waals surface area (Å²) < 4.78 is 5.82. The summed E-state index contributed by atoms with van der Waals surface area (Å²) in [6.07, 6.45) is 68.2. The monoisotopic (exact) mass is 906 g/mol. The van der Waals surface area contributed by atoms with Crippen LogP contribution >= 0.6 is 0 Å². The number of aliphatic hydroxyl groups is 2. The van der Waals surface area contributed by atoms with E-state index in [0.29, 0.717) is 19.3 Å². The van der Waals surface area contributed by atoms with Crippen molar-refractivity contribution >= 4 is 11.9 Å². The molecule has 0 aromatic heterocycles. The third-order valence-electron chi connectivity index (χ3n) is 12.0. The molecule has 0 fully saturated rings. The van der Waals surface area contributed by atoms with Crippen LogP contribution in [-0.4, -0.2) is 46.9 Å². The Bertz CT molecular complexity index is 1250. The maximum atomic E-state index is 13.2. The zero-order valence-electron chi connectivity index (χ0n) is 42.6. The van der Waals surface area contributed by atoms with Gasteiger partial charge >= 0.3 is 5.97 Å². The molecule has 374 valence electrons. The summed E-state index contributed by atoms with van der Waals surface area (Å²) in [5, 5.41) is 23.8. The molecule has 1 amide bonds. The highest BCUT2D eigenvalue weighted by Gasteiger charge is 2.23. The van der Waals surface area contributed by atoms with Crippen LogP contribution in [0.1, 0.15) is 252 Å². The largest absolute Gasteiger partial charge is 0.458 e. The van der Waals surface area contributed by atoms with Gasteiger partial charge in [-0.05, 0) is 83.1 Å². The molecule has 0 aromatic carbocycles. The van der Waals surface area contributed by atoms with Gasteiger partial charge in [0.25, 0.3) is 0 Å². The number of rotatable bonds is 48. The van der Waals surface area contributed by atoms with E-state index in [1.807, 2.05) is 12.2 Å². The van der Waals surface area contributed by atoms with Crippen LogP contribution in [-0.2, 0) is 14.3 Å². The van der Waals surface area contributed by atoms with Gasteiger partial charge < -0.3 is 20.3 Å². The number of allylic oxidation sites excluding steroid dienone is 13. The molecule has 0 heterocycles. The molecule has 3 unspecified atom stereocenters. The topological polar surface area (TPSA) is 95.9 Å². The number of aliphatic hydroxyl groups excluding tert-OH is 2. The number of amides is 1. The number of unbranched alkanes of at least 4 members (excludes halogenated alkanes) is 24. The molecule has 0 bridgehead atoms. The third-order valence-corrected chi connectivity index (χ3v) is 12.0. The molecule has 0 spiro atoms. The van der Waals surface area contributed by atoms with Crippen molar-refractivity contribution < 1.29 is 24.5 Å². The highest BCUT2D eigenvalue weighted by Crippen LogP contribution is 2.16. The molecule has 0 aliphatic carbocycles. The smallest absolute Gasteiger partial charge is 0.306 e. The number of hydrogen-bond acceptors (Lipinski definition) is 5. The summed E-state index contributed by atoms with van der Waals surface area (Å²) in [5.41, 5.74) is 0. The molecule has 0 radical (unpaired) electrons. The lowest BCUT2D eigenvalue weighted by Gasteiger charge is -2.23. The van der Waals surface area contributed by atoms with Gasteiger partial charge in [0, 0.05) is 6.42 Å². The Morgan fingerprint density at radius 3 is 1.31 bits per heavy atom. The molecule has 0 aromatic rings. The Labute approximate surface area is 402 Å². The summed E-state index contributed by atoms with van der Waals surface area (Å²) in [6, 6.07) is -0.743. The number of carbonyl (C=O) groups excluding carboxylic acids is 2. The third kappa shape index (κ3) is 47.3. The number of ether oxygens (including phenoxy) is 1. The second-order valence-electron chi connectivity index (χ2n) is 18.2. The SMILES string of the molecule is CC/C=C\C/C=C\C/C=C\C/C=C\C/C=C\CCCCCC(=O)OC(/C=C/C/C=C\CCCCCCCC)CC(=O)NC(CO)C(O)CCCCCCCCCCCCCCCCCC. The van der Waals surface area contributed by atoms with Crippen molar-refractivity contribution in [2.75, 3.05) is 6.61 Å². The van der Waals surface area contributed by atoms with E-state index in [-0.39, 0.29) is 24.9 Å². The van der Waals surface area contributed by atoms with E-state index < -0.39 is 18.2 Å². The van der Waals surface area contributed by atoms with Crippen molar-refractivity contribution in [1.82, 2.24) is 5.32 Å². The molecule has 6 nitrogen and oxygen atoms in total. The normalized spacial score (nSPS) is 13.9. The predicted molar refractivity (Wildman–Crippen MR) is 282 cm³/mol. The molecule has 0 rings (SSSR count). The molecule has 0 aliphatic heterocycles. The lowest BCUT2D eigenvalue weighted by Crippen LogP contribution is -2.46. The van der Waals surface area contributed by atoms with Crippen molar-refractivity contribution in [3.63, 3.8) is 0 Å². The second-order valence-corrected chi connectivity index (χ2v) is 18.2. The minimum atomic E-state index is -0.821. The van der Waals surface area contributed by atoms with Crippen LogP contribution in [0.2, 0.25) is 0 Å². The van der Waals surface area contributed by atoms with Crippen molar-refractivity contribution in [3.8, 4) is 0 Å². The molecular weight excluding hydrogens is 803 g/mol. The number of carbonyl (C=O) groups is 2. The first-order valence-electron chi connectivity index (χ1n) is 27.3. The number of hydrogen-bond donors (Lipinski definition) is 3. The first-order valence-corrected chi connectivity index (χ1v) is 27.3. The van der Waals surface area contributed by atoms with Gasteiger partial charge in [-0.3, -0.25) is 9.59 Å². The Kier molecular flexibility index (Phi) is 49.6. The molecule has 6 heteroatoms. The van der Waals surface area contributed by atoms with E-state index in [4.69, 9.17) is 4.74 Å². The predicted octanol–water partition coefficient (Wildman–Crippen LogP) is 16.7. The first-order chi connectivity index (χ1) is 32.0. The summed E-state index contributed by atoms with van der Waals surface area (Å²) >= 11 is 0. The minimum absolute atomic E-state index is 0.0456. The van der Waals surface area contributed by atoms with E-state index in [0.717, 1.165) is 83.5 Å². The van der Waals surface area contributed by atoms with Crippen LogP contribution in [0.3, 0.4) is 0 Å².